The summed E-state index contributed by atoms with van der Waals surface area (Å²) in [5, 5.41) is 0. The average molecular weight is 457 g/mol. The molecule has 2 rings (SSSR count). The molecule has 0 spiro atoms. The molecule has 0 N–H and O–H groups in total. The Bertz CT molecular complexity index is 194. The van der Waals surface area contributed by atoms with Crippen molar-refractivity contribution < 1.29 is 0 Å². The molecule has 0 bridgehead atoms. The number of rotatable bonds is 8. The second-order valence-electron chi connectivity index (χ2n) is 10.2. The van der Waals surface area contributed by atoms with Crippen LogP contribution in [0.3, 0.4) is 0 Å². The molecule has 0 saturated heterocycles. The molecular formula is C32H72. The lowest BCUT2D eigenvalue weighted by Crippen LogP contribution is -1.78. The van der Waals surface area contributed by atoms with E-state index in [1.165, 1.54) is 128 Å². The van der Waals surface area contributed by atoms with Crippen molar-refractivity contribution in [1.82, 2.24) is 0 Å². The Hall–Kier alpha value is 0. The van der Waals surface area contributed by atoms with Crippen LogP contribution in [0.5, 0.6) is 0 Å². The van der Waals surface area contributed by atoms with Crippen molar-refractivity contribution in [3.8, 4) is 0 Å². The van der Waals surface area contributed by atoms with E-state index < -0.39 is 0 Å². The minimum absolute atomic E-state index is 1.05. The van der Waals surface area contributed by atoms with E-state index in [4.69, 9.17) is 0 Å². The van der Waals surface area contributed by atoms with E-state index in [0.717, 1.165) is 11.8 Å². The molecule has 0 heteroatoms. The van der Waals surface area contributed by atoms with Gasteiger partial charge in [-0.2, -0.15) is 0 Å². The predicted molar refractivity (Wildman–Crippen MR) is 156 cm³/mol. The van der Waals surface area contributed by atoms with Crippen LogP contribution in [0.15, 0.2) is 0 Å². The molecule has 0 aliphatic heterocycles. The number of hydrogen-bond donors (Lipinski definition) is 0. The minimum atomic E-state index is 1.05. The van der Waals surface area contributed by atoms with Crippen LogP contribution in [0.4, 0.5) is 0 Å². The Morgan fingerprint density at radius 1 is 0.344 bits per heavy atom. The van der Waals surface area contributed by atoms with E-state index >= 15 is 0 Å². The van der Waals surface area contributed by atoms with E-state index in [2.05, 4.69) is 69.2 Å². The van der Waals surface area contributed by atoms with Crippen molar-refractivity contribution in [1.29, 1.82) is 0 Å². The van der Waals surface area contributed by atoms with Crippen LogP contribution in [-0.4, -0.2) is 0 Å². The lowest BCUT2D eigenvalue weighted by molar-refractivity contribution is 0.612. The van der Waals surface area contributed by atoms with Gasteiger partial charge in [0.15, 0.2) is 0 Å². The van der Waals surface area contributed by atoms with E-state index in [1.807, 2.05) is 0 Å². The number of hydrogen-bond acceptors (Lipinski definition) is 0. The van der Waals surface area contributed by atoms with E-state index in [0.29, 0.717) is 0 Å². The van der Waals surface area contributed by atoms with Gasteiger partial charge in [-0.05, 0) is 11.8 Å². The average Bonchev–Trinajstić information content (AvgIpc) is 3.51. The highest BCUT2D eigenvalue weighted by molar-refractivity contribution is 4.61. The van der Waals surface area contributed by atoms with Crippen LogP contribution >= 0.6 is 0 Å². The zero-order valence-corrected chi connectivity index (χ0v) is 25.3. The molecule has 0 amide bonds. The van der Waals surface area contributed by atoms with Gasteiger partial charge in [0.2, 0.25) is 0 Å². The van der Waals surface area contributed by atoms with Gasteiger partial charge in [-0.1, -0.05) is 198 Å². The normalized spacial score (nSPS) is 14.8. The first-order chi connectivity index (χ1) is 15.4. The summed E-state index contributed by atoms with van der Waals surface area (Å²) in [6, 6.07) is 0. The topological polar surface area (TPSA) is 0 Å². The third kappa shape index (κ3) is 52.1. The fraction of sp³-hybridized carbons (Fsp3) is 1.00. The van der Waals surface area contributed by atoms with Crippen LogP contribution in [0.1, 0.15) is 198 Å². The molecule has 2 aliphatic rings. The summed E-state index contributed by atoms with van der Waals surface area (Å²) >= 11 is 0. The van der Waals surface area contributed by atoms with Crippen LogP contribution in [0.25, 0.3) is 0 Å². The highest BCUT2D eigenvalue weighted by Crippen LogP contribution is 2.23. The molecule has 0 unspecified atom stereocenters. The van der Waals surface area contributed by atoms with Crippen molar-refractivity contribution in [3.05, 3.63) is 0 Å². The van der Waals surface area contributed by atoms with Crippen molar-refractivity contribution in [2.45, 2.75) is 198 Å². The van der Waals surface area contributed by atoms with Crippen molar-refractivity contribution >= 4 is 0 Å². The SMILES string of the molecule is CC1CCCC1.CC1CCCC1.CCCC.CCCC.CCCCCC.CCCCCC. The smallest absolute Gasteiger partial charge is 0.0443 e. The second kappa shape index (κ2) is 41.3. The van der Waals surface area contributed by atoms with Gasteiger partial charge in [-0.25, -0.2) is 0 Å². The monoisotopic (exact) mass is 457 g/mol. The van der Waals surface area contributed by atoms with Crippen LogP contribution in [-0.2, 0) is 0 Å². The minimum Gasteiger partial charge on any atom is -0.0654 e. The Morgan fingerprint density at radius 2 is 0.531 bits per heavy atom. The van der Waals surface area contributed by atoms with E-state index in [9.17, 15) is 0 Å². The second-order valence-corrected chi connectivity index (χ2v) is 10.2. The molecule has 0 atom stereocenters. The first kappa shape index (κ1) is 39.2. The number of unbranched alkanes of at least 4 members (excludes halogenated alkanes) is 8. The predicted octanol–water partition coefficient (Wildman–Crippen LogP) is 13.2. The Kier molecular flexibility index (Phi) is 50.6. The van der Waals surface area contributed by atoms with Crippen molar-refractivity contribution in [2.24, 2.45) is 11.8 Å². The van der Waals surface area contributed by atoms with Gasteiger partial charge in [-0.15, -0.1) is 0 Å². The molecule has 0 aromatic carbocycles. The molecule has 2 saturated carbocycles. The fourth-order valence-corrected chi connectivity index (χ4v) is 3.26. The van der Waals surface area contributed by atoms with Gasteiger partial charge < -0.3 is 0 Å². The van der Waals surface area contributed by atoms with Gasteiger partial charge in [0.05, 0.1) is 0 Å². The molecule has 0 aromatic rings. The first-order valence-corrected chi connectivity index (χ1v) is 15.4. The van der Waals surface area contributed by atoms with Gasteiger partial charge in [-0.3, -0.25) is 0 Å². The van der Waals surface area contributed by atoms with Gasteiger partial charge in [0, 0.05) is 0 Å². The van der Waals surface area contributed by atoms with Gasteiger partial charge in [0.1, 0.15) is 0 Å². The van der Waals surface area contributed by atoms with Crippen LogP contribution < -0.4 is 0 Å². The third-order valence-corrected chi connectivity index (χ3v) is 6.20. The zero-order chi connectivity index (χ0) is 25.3. The molecule has 0 radical (unpaired) electrons. The lowest BCUT2D eigenvalue weighted by atomic mass is 10.2. The molecule has 200 valence electrons. The maximum atomic E-state index is 2.34. The molecule has 0 nitrogen and oxygen atoms in total. The Morgan fingerprint density at radius 3 is 0.594 bits per heavy atom. The summed E-state index contributed by atoms with van der Waals surface area (Å²) < 4.78 is 0. The quantitative estimate of drug-likeness (QED) is 0.318. The molecule has 2 aliphatic carbocycles. The molecule has 32 heavy (non-hydrogen) atoms. The summed E-state index contributed by atoms with van der Waals surface area (Å²) in [5.74, 6) is 2.09. The Balaban J connectivity index is -0.000000148. The molecular weight excluding hydrogens is 384 g/mol. The van der Waals surface area contributed by atoms with Crippen LogP contribution in [0.2, 0.25) is 0 Å². The largest absolute Gasteiger partial charge is 0.0654 e. The summed E-state index contributed by atoms with van der Waals surface area (Å²) in [6.07, 6.45) is 28.2. The molecule has 0 heterocycles. The first-order valence-electron chi connectivity index (χ1n) is 15.4. The highest BCUT2D eigenvalue weighted by atomic mass is 14.1. The maximum absolute atomic E-state index is 2.34. The van der Waals surface area contributed by atoms with E-state index in [-0.39, 0.29) is 0 Å². The summed E-state index contributed by atoms with van der Waals surface area (Å²) in [7, 11) is 0. The standard InChI is InChI=1S/2C6H12.2C6H14.2C4H10/c2*1-6-4-2-3-5-6;2*1-3-5-6-4-2;2*1-3-4-2/h2*6H,2-5H2,1H3;2*3-6H2,1-2H3;2*3-4H2,1-2H3. The van der Waals surface area contributed by atoms with Crippen molar-refractivity contribution in [3.63, 3.8) is 0 Å². The van der Waals surface area contributed by atoms with Crippen LogP contribution in [0, 0.1) is 11.8 Å². The summed E-state index contributed by atoms with van der Waals surface area (Å²) in [4.78, 5) is 0. The summed E-state index contributed by atoms with van der Waals surface area (Å²) in [5.41, 5.74) is 0. The van der Waals surface area contributed by atoms with E-state index in [1.54, 1.807) is 0 Å². The molecule has 0 aromatic heterocycles. The highest BCUT2D eigenvalue weighted by Gasteiger charge is 2.07. The zero-order valence-electron chi connectivity index (χ0n) is 25.3. The fourth-order valence-electron chi connectivity index (χ4n) is 3.26. The molecule has 2 fully saturated rings. The van der Waals surface area contributed by atoms with Gasteiger partial charge in [0.25, 0.3) is 0 Å². The maximum Gasteiger partial charge on any atom is -0.0443 e. The Labute approximate surface area is 209 Å². The van der Waals surface area contributed by atoms with Crippen molar-refractivity contribution in [2.75, 3.05) is 0 Å². The lowest BCUT2D eigenvalue weighted by Gasteiger charge is -1.91. The third-order valence-electron chi connectivity index (χ3n) is 6.20. The van der Waals surface area contributed by atoms with Gasteiger partial charge >= 0.3 is 0 Å². The summed E-state index contributed by atoms with van der Waals surface area (Å²) in [6.45, 7) is 22.3.